The molecular formula is C22H28N2O5S. The largest absolute Gasteiger partial charge is 0.482 e. The number of hydrogen-bond acceptors (Lipinski definition) is 7. The van der Waals surface area contributed by atoms with Crippen molar-refractivity contribution in [1.82, 2.24) is 4.98 Å². The fourth-order valence-corrected chi connectivity index (χ4v) is 4.01. The van der Waals surface area contributed by atoms with Gasteiger partial charge in [0.2, 0.25) is 0 Å². The molecule has 1 aromatic heterocycles. The molecule has 7 nitrogen and oxygen atoms in total. The molecular weight excluding hydrogens is 404 g/mol. The van der Waals surface area contributed by atoms with Crippen LogP contribution in [0.3, 0.4) is 0 Å². The van der Waals surface area contributed by atoms with E-state index in [2.05, 4.69) is 4.98 Å². The standard InChI is InChI=1S/C22H28N2O5S/c1-5-17(22(26)29-11-14(2)3)24-18-10-15(6-7-19(18)28-12-21(24)25)16-13-30-20(23-16)8-9-27-4/h6-7,10,13-14,17H,5,8-9,11-12H2,1-4H3. The second kappa shape index (κ2) is 10.0. The Bertz CT molecular complexity index is 895. The molecule has 0 aliphatic carbocycles. The van der Waals surface area contributed by atoms with Crippen LogP contribution in [0.25, 0.3) is 11.3 Å². The van der Waals surface area contributed by atoms with Gasteiger partial charge in [-0.2, -0.15) is 0 Å². The van der Waals surface area contributed by atoms with Gasteiger partial charge in [-0.1, -0.05) is 20.8 Å². The molecule has 2 heterocycles. The zero-order valence-electron chi connectivity index (χ0n) is 17.8. The maximum atomic E-state index is 12.7. The molecule has 1 amide bonds. The third-order valence-corrected chi connectivity index (χ3v) is 5.64. The Morgan fingerprint density at radius 2 is 2.17 bits per heavy atom. The number of thiazole rings is 1. The average molecular weight is 433 g/mol. The molecule has 1 aliphatic rings. The molecule has 162 valence electrons. The Labute approximate surface area is 181 Å². The summed E-state index contributed by atoms with van der Waals surface area (Å²) in [5.74, 6) is 0.145. The molecule has 1 atom stereocenters. The minimum absolute atomic E-state index is 0.0990. The summed E-state index contributed by atoms with van der Waals surface area (Å²) in [4.78, 5) is 31.6. The van der Waals surface area contributed by atoms with Crippen molar-refractivity contribution in [3.8, 4) is 17.0 Å². The van der Waals surface area contributed by atoms with Gasteiger partial charge in [0.25, 0.3) is 5.91 Å². The number of esters is 1. The fraction of sp³-hybridized carbons (Fsp3) is 0.500. The van der Waals surface area contributed by atoms with Crippen LogP contribution in [-0.2, 0) is 25.5 Å². The highest BCUT2D eigenvalue weighted by atomic mass is 32.1. The zero-order valence-corrected chi connectivity index (χ0v) is 18.7. The maximum absolute atomic E-state index is 12.7. The van der Waals surface area contributed by atoms with Crippen molar-refractivity contribution in [2.75, 3.05) is 31.8 Å². The summed E-state index contributed by atoms with van der Waals surface area (Å²) in [6.45, 7) is 6.66. The Morgan fingerprint density at radius 3 is 2.87 bits per heavy atom. The molecule has 0 radical (unpaired) electrons. The molecule has 1 aromatic carbocycles. The molecule has 0 spiro atoms. The van der Waals surface area contributed by atoms with E-state index in [4.69, 9.17) is 14.2 Å². The van der Waals surface area contributed by atoms with Crippen molar-refractivity contribution in [1.29, 1.82) is 0 Å². The Hall–Kier alpha value is -2.45. The number of nitrogens with zero attached hydrogens (tertiary/aromatic N) is 2. The van der Waals surface area contributed by atoms with Gasteiger partial charge in [0.15, 0.2) is 6.61 Å². The number of rotatable bonds is 9. The third kappa shape index (κ3) is 4.99. The average Bonchev–Trinajstić information content (AvgIpc) is 3.21. The van der Waals surface area contributed by atoms with Gasteiger partial charge in [-0.25, -0.2) is 9.78 Å². The van der Waals surface area contributed by atoms with Crippen LogP contribution in [0.4, 0.5) is 5.69 Å². The number of ether oxygens (including phenoxy) is 3. The molecule has 8 heteroatoms. The van der Waals surface area contributed by atoms with E-state index >= 15 is 0 Å². The molecule has 0 bridgehead atoms. The number of hydrogen-bond donors (Lipinski definition) is 0. The van der Waals surface area contributed by atoms with Crippen LogP contribution in [0.5, 0.6) is 5.75 Å². The number of fused-ring (bicyclic) bond motifs is 1. The Kier molecular flexibility index (Phi) is 7.44. The smallest absolute Gasteiger partial charge is 0.329 e. The highest BCUT2D eigenvalue weighted by molar-refractivity contribution is 7.09. The van der Waals surface area contributed by atoms with E-state index in [1.165, 1.54) is 4.90 Å². The molecule has 2 aromatic rings. The highest BCUT2D eigenvalue weighted by Gasteiger charge is 2.36. The lowest BCUT2D eigenvalue weighted by Crippen LogP contribution is -2.50. The molecule has 1 unspecified atom stereocenters. The van der Waals surface area contributed by atoms with Crippen LogP contribution >= 0.6 is 11.3 Å². The third-order valence-electron chi connectivity index (χ3n) is 4.74. The number of aromatic nitrogens is 1. The van der Waals surface area contributed by atoms with E-state index in [-0.39, 0.29) is 18.4 Å². The fourth-order valence-electron chi connectivity index (χ4n) is 3.22. The predicted octanol–water partition coefficient (Wildman–Crippen LogP) is 3.70. The first kappa shape index (κ1) is 22.2. The zero-order chi connectivity index (χ0) is 21.7. The minimum atomic E-state index is -0.693. The summed E-state index contributed by atoms with van der Waals surface area (Å²) >= 11 is 1.57. The summed E-state index contributed by atoms with van der Waals surface area (Å²) < 4.78 is 16.2. The first-order valence-electron chi connectivity index (χ1n) is 10.1. The topological polar surface area (TPSA) is 78.0 Å². The Morgan fingerprint density at radius 1 is 1.37 bits per heavy atom. The summed E-state index contributed by atoms with van der Waals surface area (Å²) in [6, 6.07) is 4.91. The normalized spacial score (nSPS) is 14.4. The first-order valence-corrected chi connectivity index (χ1v) is 11.0. The van der Waals surface area contributed by atoms with Gasteiger partial charge in [-0.15, -0.1) is 11.3 Å². The first-order chi connectivity index (χ1) is 14.4. The number of benzene rings is 1. The summed E-state index contributed by atoms with van der Waals surface area (Å²) in [6.07, 6.45) is 1.20. The van der Waals surface area contributed by atoms with Gasteiger partial charge in [0.05, 0.1) is 29.6 Å². The van der Waals surface area contributed by atoms with Crippen LogP contribution in [0.1, 0.15) is 32.2 Å². The van der Waals surface area contributed by atoms with Crippen molar-refractivity contribution in [3.05, 3.63) is 28.6 Å². The molecule has 3 rings (SSSR count). The highest BCUT2D eigenvalue weighted by Crippen LogP contribution is 2.38. The summed E-state index contributed by atoms with van der Waals surface area (Å²) in [7, 11) is 1.67. The van der Waals surface area contributed by atoms with Crippen LogP contribution in [-0.4, -0.2) is 49.8 Å². The second-order valence-electron chi connectivity index (χ2n) is 7.55. The minimum Gasteiger partial charge on any atom is -0.482 e. The molecule has 0 fully saturated rings. The lowest BCUT2D eigenvalue weighted by molar-refractivity contribution is -0.147. The monoisotopic (exact) mass is 432 g/mol. The number of anilines is 1. The number of carbonyl (C=O) groups excluding carboxylic acids is 2. The van der Waals surface area contributed by atoms with E-state index in [1.807, 2.05) is 44.4 Å². The van der Waals surface area contributed by atoms with E-state index in [0.717, 1.165) is 22.7 Å². The molecule has 0 N–H and O–H groups in total. The van der Waals surface area contributed by atoms with Crippen LogP contribution in [0, 0.1) is 5.92 Å². The SMILES string of the molecule is CCC(C(=O)OCC(C)C)N1C(=O)COc2ccc(-c3csc(CCOC)n3)cc21. The van der Waals surface area contributed by atoms with Crippen molar-refractivity contribution < 1.29 is 23.8 Å². The molecule has 30 heavy (non-hydrogen) atoms. The second-order valence-corrected chi connectivity index (χ2v) is 8.49. The number of methoxy groups -OCH3 is 1. The van der Waals surface area contributed by atoms with E-state index in [9.17, 15) is 9.59 Å². The van der Waals surface area contributed by atoms with Gasteiger partial charge in [0, 0.05) is 24.5 Å². The summed E-state index contributed by atoms with van der Waals surface area (Å²) in [5, 5.41) is 2.97. The molecule has 0 saturated heterocycles. The number of carbonyl (C=O) groups is 2. The van der Waals surface area contributed by atoms with Gasteiger partial charge >= 0.3 is 5.97 Å². The van der Waals surface area contributed by atoms with Crippen LogP contribution < -0.4 is 9.64 Å². The molecule has 0 saturated carbocycles. The lowest BCUT2D eigenvalue weighted by Gasteiger charge is -2.34. The molecule has 1 aliphatic heterocycles. The van der Waals surface area contributed by atoms with E-state index in [0.29, 0.717) is 31.1 Å². The van der Waals surface area contributed by atoms with Gasteiger partial charge in [-0.05, 0) is 30.5 Å². The summed E-state index contributed by atoms with van der Waals surface area (Å²) in [5.41, 5.74) is 2.26. The van der Waals surface area contributed by atoms with Gasteiger partial charge in [0.1, 0.15) is 11.8 Å². The van der Waals surface area contributed by atoms with E-state index < -0.39 is 12.0 Å². The van der Waals surface area contributed by atoms with Crippen molar-refractivity contribution in [2.24, 2.45) is 5.92 Å². The van der Waals surface area contributed by atoms with Crippen molar-refractivity contribution >= 4 is 28.9 Å². The van der Waals surface area contributed by atoms with E-state index in [1.54, 1.807) is 18.4 Å². The maximum Gasteiger partial charge on any atom is 0.329 e. The van der Waals surface area contributed by atoms with Crippen molar-refractivity contribution in [2.45, 2.75) is 39.7 Å². The quantitative estimate of drug-likeness (QED) is 0.562. The number of amides is 1. The Balaban J connectivity index is 1.91. The van der Waals surface area contributed by atoms with Gasteiger partial charge in [-0.3, -0.25) is 9.69 Å². The lowest BCUT2D eigenvalue weighted by atomic mass is 10.1. The predicted molar refractivity (Wildman–Crippen MR) is 116 cm³/mol. The van der Waals surface area contributed by atoms with Gasteiger partial charge < -0.3 is 14.2 Å². The van der Waals surface area contributed by atoms with Crippen LogP contribution in [0.15, 0.2) is 23.6 Å². The van der Waals surface area contributed by atoms with Crippen molar-refractivity contribution in [3.63, 3.8) is 0 Å². The van der Waals surface area contributed by atoms with Crippen LogP contribution in [0.2, 0.25) is 0 Å².